The summed E-state index contributed by atoms with van der Waals surface area (Å²) >= 11 is 0. The first-order valence-electron chi connectivity index (χ1n) is 17.0. The van der Waals surface area contributed by atoms with Crippen LogP contribution in [-0.4, -0.2) is 115 Å². The van der Waals surface area contributed by atoms with Crippen molar-refractivity contribution in [3.05, 3.63) is 35.9 Å². The van der Waals surface area contributed by atoms with Gasteiger partial charge in [-0.15, -0.1) is 0 Å². The predicted molar refractivity (Wildman–Crippen MR) is 185 cm³/mol. The number of aliphatic carboxylic acids is 1. The lowest BCUT2D eigenvalue weighted by Crippen LogP contribution is -2.58. The average molecular weight is 732 g/mol. The largest absolute Gasteiger partial charge is 0.480 e. The van der Waals surface area contributed by atoms with Crippen molar-refractivity contribution in [3.63, 3.8) is 0 Å². The molecule has 0 aromatic heterocycles. The van der Waals surface area contributed by atoms with Crippen LogP contribution in [0.3, 0.4) is 0 Å². The van der Waals surface area contributed by atoms with Gasteiger partial charge < -0.3 is 53.4 Å². The fourth-order valence-electron chi connectivity index (χ4n) is 5.01. The summed E-state index contributed by atoms with van der Waals surface area (Å²) in [6, 6.07) is 2.33. The Morgan fingerprint density at radius 3 is 2.19 bits per heavy atom. The van der Waals surface area contributed by atoms with Crippen LogP contribution >= 0.6 is 0 Å². The summed E-state index contributed by atoms with van der Waals surface area (Å²) < 4.78 is 0. The lowest BCUT2D eigenvalue weighted by Gasteiger charge is -2.25. The first-order valence-corrected chi connectivity index (χ1v) is 17.0. The summed E-state index contributed by atoms with van der Waals surface area (Å²) in [6.07, 6.45) is -0.116. The highest BCUT2D eigenvalue weighted by Crippen LogP contribution is 2.07. The SMILES string of the molecule is CC(=O)NCC(=O)NC1CCC(=O)NCCCC(C(=O)O)NC(=O)[C@H](C)NC(=O)CNC(=O)C(Cc2ccccc2)NC(=O)[C@H](CCCN)NC1=O. The highest BCUT2D eigenvalue weighted by molar-refractivity contribution is 5.96. The number of amides is 8. The molecule has 52 heavy (non-hydrogen) atoms. The van der Waals surface area contributed by atoms with Crippen molar-refractivity contribution in [2.75, 3.05) is 26.2 Å². The molecule has 19 heteroatoms. The van der Waals surface area contributed by atoms with Gasteiger partial charge in [-0.1, -0.05) is 30.3 Å². The van der Waals surface area contributed by atoms with Gasteiger partial charge in [-0.05, 0) is 51.1 Å². The molecule has 8 amide bonds. The minimum absolute atomic E-state index is 0.0100. The normalized spacial score (nSPS) is 23.3. The number of nitrogens with two attached hydrogens (primary N) is 1. The van der Waals surface area contributed by atoms with E-state index in [2.05, 4.69) is 42.5 Å². The molecule has 19 nitrogen and oxygen atoms in total. The van der Waals surface area contributed by atoms with E-state index < -0.39 is 96.5 Å². The first-order chi connectivity index (χ1) is 24.7. The van der Waals surface area contributed by atoms with Gasteiger partial charge in [0, 0.05) is 26.3 Å². The molecule has 3 unspecified atom stereocenters. The molecule has 0 bridgehead atoms. The Bertz CT molecular complexity index is 1440. The molecule has 0 radical (unpaired) electrons. The van der Waals surface area contributed by atoms with Gasteiger partial charge >= 0.3 is 5.97 Å². The van der Waals surface area contributed by atoms with Crippen molar-refractivity contribution >= 4 is 53.2 Å². The standard InChI is InChI=1S/C33H49N9O10/c1-19-29(47)41-24(33(51)52)11-7-15-35-26(44)13-12-23(39-28(46)17-36-20(2)43)32(50)40-22(10-6-14-34)31(49)42-25(16-21-8-4-3-5-9-21)30(48)37-18-27(45)38-19/h3-5,8-9,19,22-25H,6-7,10-18,34H2,1-2H3,(H,35,44)(H,36,43)(H,37,48)(H,38,45)(H,39,46)(H,40,50)(H,41,47)(H,42,49)(H,51,52)/t19-,22-,23?,24?,25?/m0/s1. The van der Waals surface area contributed by atoms with Crippen molar-refractivity contribution in [2.45, 2.75) is 89.0 Å². The van der Waals surface area contributed by atoms with Crippen molar-refractivity contribution < 1.29 is 48.3 Å². The van der Waals surface area contributed by atoms with Crippen molar-refractivity contribution in [2.24, 2.45) is 5.73 Å². The fraction of sp³-hybridized carbons (Fsp3) is 0.545. The van der Waals surface area contributed by atoms with E-state index in [4.69, 9.17) is 5.73 Å². The molecule has 2 rings (SSSR count). The van der Waals surface area contributed by atoms with Crippen molar-refractivity contribution in [1.29, 1.82) is 0 Å². The molecule has 286 valence electrons. The number of carboxylic acid groups (broad SMARTS) is 1. The lowest BCUT2D eigenvalue weighted by molar-refractivity contribution is -0.142. The predicted octanol–water partition coefficient (Wildman–Crippen LogP) is -3.56. The second kappa shape index (κ2) is 22.3. The van der Waals surface area contributed by atoms with Crippen molar-refractivity contribution in [1.82, 2.24) is 42.5 Å². The smallest absolute Gasteiger partial charge is 0.326 e. The van der Waals surface area contributed by atoms with Crippen LogP contribution < -0.4 is 48.3 Å². The van der Waals surface area contributed by atoms with Gasteiger partial charge in [-0.25, -0.2) is 4.79 Å². The van der Waals surface area contributed by atoms with E-state index in [1.165, 1.54) is 13.8 Å². The Labute approximate surface area is 300 Å². The van der Waals surface area contributed by atoms with Crippen LogP contribution in [0.1, 0.15) is 57.9 Å². The molecule has 1 saturated heterocycles. The van der Waals surface area contributed by atoms with E-state index >= 15 is 0 Å². The third-order valence-corrected chi connectivity index (χ3v) is 7.86. The third-order valence-electron chi connectivity index (χ3n) is 7.86. The molecule has 0 aliphatic carbocycles. The van der Waals surface area contributed by atoms with Crippen LogP contribution in [-0.2, 0) is 49.6 Å². The molecule has 1 aromatic rings. The number of benzene rings is 1. The summed E-state index contributed by atoms with van der Waals surface area (Å²) in [7, 11) is 0. The minimum atomic E-state index is -1.34. The van der Waals surface area contributed by atoms with Crippen LogP contribution in [0.2, 0.25) is 0 Å². The molecule has 1 aliphatic heterocycles. The van der Waals surface area contributed by atoms with Crippen LogP contribution in [0, 0.1) is 0 Å². The Hall–Kier alpha value is -5.59. The van der Waals surface area contributed by atoms with E-state index in [0.717, 1.165) is 0 Å². The third kappa shape index (κ3) is 16.0. The summed E-state index contributed by atoms with van der Waals surface area (Å²) in [5.74, 6) is -7.02. The van der Waals surface area contributed by atoms with Crippen LogP contribution in [0.15, 0.2) is 30.3 Å². The molecular formula is C33H49N9O10. The monoisotopic (exact) mass is 731 g/mol. The number of hydrogen-bond donors (Lipinski definition) is 10. The Balaban J connectivity index is 2.41. The average Bonchev–Trinajstić information content (AvgIpc) is 3.10. The van der Waals surface area contributed by atoms with Gasteiger partial charge in [-0.2, -0.15) is 0 Å². The fourth-order valence-corrected chi connectivity index (χ4v) is 5.01. The topological polar surface area (TPSA) is 296 Å². The lowest BCUT2D eigenvalue weighted by atomic mass is 10.0. The van der Waals surface area contributed by atoms with Gasteiger partial charge in [0.15, 0.2) is 0 Å². The quantitative estimate of drug-likeness (QED) is 0.119. The van der Waals surface area contributed by atoms with Gasteiger partial charge in [-0.3, -0.25) is 38.4 Å². The molecule has 1 heterocycles. The van der Waals surface area contributed by atoms with Gasteiger partial charge in [0.2, 0.25) is 47.3 Å². The van der Waals surface area contributed by atoms with E-state index in [0.29, 0.717) is 5.56 Å². The Kier molecular flexibility index (Phi) is 18.2. The van der Waals surface area contributed by atoms with Gasteiger partial charge in [0.25, 0.3) is 0 Å². The number of nitrogens with one attached hydrogen (secondary N) is 8. The van der Waals surface area contributed by atoms with E-state index in [9.17, 15) is 48.3 Å². The zero-order chi connectivity index (χ0) is 38.6. The maximum Gasteiger partial charge on any atom is 0.326 e. The summed E-state index contributed by atoms with van der Waals surface area (Å²) in [4.78, 5) is 114. The van der Waals surface area contributed by atoms with E-state index in [1.807, 2.05) is 0 Å². The van der Waals surface area contributed by atoms with Crippen LogP contribution in [0.25, 0.3) is 0 Å². The zero-order valence-corrected chi connectivity index (χ0v) is 29.3. The molecule has 5 atom stereocenters. The molecule has 0 spiro atoms. The number of carbonyl (C=O) groups is 9. The maximum absolute atomic E-state index is 13.7. The van der Waals surface area contributed by atoms with Crippen LogP contribution in [0.5, 0.6) is 0 Å². The van der Waals surface area contributed by atoms with Gasteiger partial charge in [0.1, 0.15) is 30.2 Å². The highest BCUT2D eigenvalue weighted by Gasteiger charge is 2.31. The Morgan fingerprint density at radius 2 is 1.54 bits per heavy atom. The zero-order valence-electron chi connectivity index (χ0n) is 29.3. The van der Waals surface area contributed by atoms with Crippen LogP contribution in [0.4, 0.5) is 0 Å². The highest BCUT2D eigenvalue weighted by atomic mass is 16.4. The maximum atomic E-state index is 13.7. The second-order valence-electron chi connectivity index (χ2n) is 12.2. The molecule has 1 aromatic carbocycles. The Morgan fingerprint density at radius 1 is 0.846 bits per heavy atom. The van der Waals surface area contributed by atoms with Crippen molar-refractivity contribution in [3.8, 4) is 0 Å². The molecule has 1 aliphatic rings. The number of carboxylic acids is 1. The van der Waals surface area contributed by atoms with E-state index in [1.54, 1.807) is 30.3 Å². The second-order valence-corrected chi connectivity index (χ2v) is 12.2. The van der Waals surface area contributed by atoms with Gasteiger partial charge in [0.05, 0.1) is 13.1 Å². The minimum Gasteiger partial charge on any atom is -0.480 e. The molecule has 0 saturated carbocycles. The number of carbonyl (C=O) groups excluding carboxylic acids is 8. The number of rotatable bonds is 9. The molecular weight excluding hydrogens is 682 g/mol. The van der Waals surface area contributed by atoms with E-state index in [-0.39, 0.29) is 58.0 Å². The number of hydrogen-bond acceptors (Lipinski definition) is 10. The molecule has 11 N–H and O–H groups in total. The summed E-state index contributed by atoms with van der Waals surface area (Å²) in [5, 5.41) is 29.3. The first kappa shape index (κ1) is 42.6. The summed E-state index contributed by atoms with van der Waals surface area (Å²) in [6.45, 7) is 1.65. The summed E-state index contributed by atoms with van der Waals surface area (Å²) in [5.41, 5.74) is 6.34. The molecule has 1 fully saturated rings.